The Bertz CT molecular complexity index is 1180. The van der Waals surface area contributed by atoms with E-state index in [1.807, 2.05) is 36.9 Å². The van der Waals surface area contributed by atoms with Crippen LogP contribution in [-0.4, -0.2) is 42.8 Å². The van der Waals surface area contributed by atoms with Crippen LogP contribution in [-0.2, 0) is 28.3 Å². The second kappa shape index (κ2) is 8.85. The Morgan fingerprint density at radius 2 is 1.90 bits per heavy atom. The maximum Gasteiger partial charge on any atom is 0.243 e. The molecule has 0 bridgehead atoms. The maximum absolute atomic E-state index is 13.2. The number of hydrogen-bond acceptors (Lipinski definition) is 3. The predicted molar refractivity (Wildman–Crippen MR) is 122 cm³/mol. The largest absolute Gasteiger partial charge is 0.355 e. The Morgan fingerprint density at radius 3 is 2.68 bits per heavy atom. The van der Waals surface area contributed by atoms with E-state index in [0.29, 0.717) is 25.9 Å². The van der Waals surface area contributed by atoms with E-state index in [2.05, 4.69) is 29.6 Å². The number of rotatable bonds is 6. The van der Waals surface area contributed by atoms with Crippen LogP contribution in [0.1, 0.15) is 24.0 Å². The van der Waals surface area contributed by atoms with E-state index in [1.165, 1.54) is 15.4 Å². The third-order valence-electron chi connectivity index (χ3n) is 6.08. The van der Waals surface area contributed by atoms with Gasteiger partial charge in [-0.05, 0) is 56.0 Å². The fourth-order valence-electron chi connectivity index (χ4n) is 4.17. The molecular weight excluding hydrogens is 410 g/mol. The van der Waals surface area contributed by atoms with E-state index >= 15 is 0 Å². The van der Waals surface area contributed by atoms with Crippen LogP contribution in [0.15, 0.2) is 59.6 Å². The quantitative estimate of drug-likeness (QED) is 0.641. The molecule has 0 radical (unpaired) electrons. The molecule has 1 aromatic heterocycles. The minimum Gasteiger partial charge on any atom is -0.355 e. The Morgan fingerprint density at radius 1 is 1.13 bits per heavy atom. The van der Waals surface area contributed by atoms with Crippen molar-refractivity contribution in [2.75, 3.05) is 19.6 Å². The van der Waals surface area contributed by atoms with Gasteiger partial charge in [0.25, 0.3) is 0 Å². The van der Waals surface area contributed by atoms with Crippen LogP contribution in [0.4, 0.5) is 0 Å². The Balaban J connectivity index is 1.39. The van der Waals surface area contributed by atoms with E-state index in [9.17, 15) is 13.2 Å². The number of aryl methyl sites for hydroxylation is 2. The first-order valence-corrected chi connectivity index (χ1v) is 12.2. The number of benzene rings is 2. The van der Waals surface area contributed by atoms with Crippen molar-refractivity contribution in [1.29, 1.82) is 0 Å². The average Bonchev–Trinajstić information content (AvgIpc) is 3.15. The highest BCUT2D eigenvalue weighted by molar-refractivity contribution is 7.89. The van der Waals surface area contributed by atoms with Gasteiger partial charge in [-0.1, -0.05) is 29.8 Å². The first-order valence-electron chi connectivity index (χ1n) is 10.7. The summed E-state index contributed by atoms with van der Waals surface area (Å²) in [6, 6.07) is 15.4. The van der Waals surface area contributed by atoms with Crippen LogP contribution in [0.3, 0.4) is 0 Å². The normalized spacial score (nSPS) is 17.7. The zero-order chi connectivity index (χ0) is 22.0. The van der Waals surface area contributed by atoms with Crippen LogP contribution in [0, 0.1) is 12.8 Å². The number of carbonyl (C=O) groups excluding carboxylic acids is 1. The van der Waals surface area contributed by atoms with Gasteiger partial charge >= 0.3 is 0 Å². The highest BCUT2D eigenvalue weighted by atomic mass is 32.2. The summed E-state index contributed by atoms with van der Waals surface area (Å²) < 4.78 is 29.9. The second-order valence-electron chi connectivity index (χ2n) is 8.38. The molecule has 6 nitrogen and oxygen atoms in total. The summed E-state index contributed by atoms with van der Waals surface area (Å²) in [5, 5.41) is 3.89. The van der Waals surface area contributed by atoms with Crippen molar-refractivity contribution in [3.63, 3.8) is 0 Å². The van der Waals surface area contributed by atoms with Crippen LogP contribution in [0.5, 0.6) is 0 Å². The Labute approximate surface area is 183 Å². The van der Waals surface area contributed by atoms with Crippen LogP contribution < -0.4 is 5.32 Å². The summed E-state index contributed by atoms with van der Waals surface area (Å²) in [6.07, 6.45) is 4.07. The molecular formula is C24H29N3O3S. The molecule has 1 unspecified atom stereocenters. The summed E-state index contributed by atoms with van der Waals surface area (Å²) in [5.41, 5.74) is 3.38. The topological polar surface area (TPSA) is 71.4 Å². The minimum atomic E-state index is -3.63. The molecule has 1 saturated heterocycles. The molecule has 1 aliphatic rings. The number of amides is 1. The SMILES string of the molecule is Cc1ccc(CCNC(=O)C2CCCN(S(=O)(=O)c3ccc4c(ccn4C)c3)C2)cc1. The summed E-state index contributed by atoms with van der Waals surface area (Å²) in [5.74, 6) is -0.382. The van der Waals surface area contributed by atoms with Crippen LogP contribution in [0.2, 0.25) is 0 Å². The molecule has 0 aliphatic carbocycles. The number of fused-ring (bicyclic) bond motifs is 1. The molecule has 164 valence electrons. The van der Waals surface area contributed by atoms with Crippen molar-refractivity contribution in [2.45, 2.75) is 31.1 Å². The zero-order valence-corrected chi connectivity index (χ0v) is 18.9. The average molecular weight is 440 g/mol. The van der Waals surface area contributed by atoms with Gasteiger partial charge in [-0.25, -0.2) is 8.42 Å². The van der Waals surface area contributed by atoms with Crippen molar-refractivity contribution >= 4 is 26.8 Å². The second-order valence-corrected chi connectivity index (χ2v) is 10.3. The highest BCUT2D eigenvalue weighted by Gasteiger charge is 2.33. The summed E-state index contributed by atoms with van der Waals surface area (Å²) in [4.78, 5) is 13.0. The van der Waals surface area contributed by atoms with Gasteiger partial charge in [0, 0.05) is 43.8 Å². The molecule has 1 atom stereocenters. The molecule has 7 heteroatoms. The number of carbonyl (C=O) groups is 1. The van der Waals surface area contributed by atoms with Crippen molar-refractivity contribution in [1.82, 2.24) is 14.2 Å². The fourth-order valence-corrected chi connectivity index (χ4v) is 5.73. The molecule has 0 spiro atoms. The molecule has 1 amide bonds. The van der Waals surface area contributed by atoms with Gasteiger partial charge < -0.3 is 9.88 Å². The summed E-state index contributed by atoms with van der Waals surface area (Å²) in [6.45, 7) is 3.27. The molecule has 4 rings (SSSR count). The van der Waals surface area contributed by atoms with Crippen molar-refractivity contribution in [3.05, 3.63) is 65.9 Å². The van der Waals surface area contributed by atoms with Crippen molar-refractivity contribution in [3.8, 4) is 0 Å². The smallest absolute Gasteiger partial charge is 0.243 e. The molecule has 3 aromatic rings. The van der Waals surface area contributed by atoms with E-state index < -0.39 is 10.0 Å². The van der Waals surface area contributed by atoms with Gasteiger partial charge in [-0.3, -0.25) is 4.79 Å². The molecule has 0 saturated carbocycles. The van der Waals surface area contributed by atoms with Gasteiger partial charge in [0.15, 0.2) is 0 Å². The third kappa shape index (κ3) is 4.67. The number of hydrogen-bond donors (Lipinski definition) is 1. The lowest BCUT2D eigenvalue weighted by Crippen LogP contribution is -2.45. The fraction of sp³-hybridized carbons (Fsp3) is 0.375. The van der Waals surface area contributed by atoms with E-state index in [4.69, 9.17) is 0 Å². The summed E-state index contributed by atoms with van der Waals surface area (Å²) in [7, 11) is -1.70. The lowest BCUT2D eigenvalue weighted by atomic mass is 9.98. The van der Waals surface area contributed by atoms with Gasteiger partial charge in [0.2, 0.25) is 15.9 Å². The van der Waals surface area contributed by atoms with Crippen LogP contribution in [0.25, 0.3) is 10.9 Å². The predicted octanol–water partition coefficient (Wildman–Crippen LogP) is 3.25. The maximum atomic E-state index is 13.2. The third-order valence-corrected chi connectivity index (χ3v) is 7.94. The number of sulfonamides is 1. The Kier molecular flexibility index (Phi) is 6.16. The molecule has 2 aromatic carbocycles. The number of aromatic nitrogens is 1. The summed E-state index contributed by atoms with van der Waals surface area (Å²) >= 11 is 0. The van der Waals surface area contributed by atoms with E-state index in [-0.39, 0.29) is 23.3 Å². The lowest BCUT2D eigenvalue weighted by molar-refractivity contribution is -0.126. The standard InChI is InChI=1S/C24H29N3O3S/c1-18-5-7-19(8-6-18)11-13-25-24(28)21-4-3-14-27(17-21)31(29,30)22-9-10-23-20(16-22)12-15-26(23)2/h5-10,12,15-16,21H,3-4,11,13-14,17H2,1-2H3,(H,25,28). The first-order chi connectivity index (χ1) is 14.8. The first kappa shape index (κ1) is 21.6. The monoisotopic (exact) mass is 439 g/mol. The van der Waals surface area contributed by atoms with Gasteiger partial charge in [0.1, 0.15) is 0 Å². The number of piperidine rings is 1. The van der Waals surface area contributed by atoms with E-state index in [1.54, 1.807) is 12.1 Å². The molecule has 1 fully saturated rings. The molecule has 1 N–H and O–H groups in total. The van der Waals surface area contributed by atoms with Crippen molar-refractivity contribution < 1.29 is 13.2 Å². The highest BCUT2D eigenvalue weighted by Crippen LogP contribution is 2.26. The Hall–Kier alpha value is -2.64. The minimum absolute atomic E-state index is 0.0643. The molecule has 31 heavy (non-hydrogen) atoms. The number of nitrogens with one attached hydrogen (secondary N) is 1. The van der Waals surface area contributed by atoms with Gasteiger partial charge in [-0.15, -0.1) is 0 Å². The van der Waals surface area contributed by atoms with Gasteiger partial charge in [-0.2, -0.15) is 4.31 Å². The van der Waals surface area contributed by atoms with Crippen molar-refractivity contribution in [2.24, 2.45) is 13.0 Å². The molecule has 2 heterocycles. The van der Waals surface area contributed by atoms with E-state index in [0.717, 1.165) is 17.3 Å². The van der Waals surface area contributed by atoms with Gasteiger partial charge in [0.05, 0.1) is 10.8 Å². The lowest BCUT2D eigenvalue weighted by Gasteiger charge is -2.31. The van der Waals surface area contributed by atoms with Crippen LogP contribution >= 0.6 is 0 Å². The zero-order valence-electron chi connectivity index (χ0n) is 18.0. The number of nitrogens with zero attached hydrogens (tertiary/aromatic N) is 2. The molecule has 1 aliphatic heterocycles.